The lowest BCUT2D eigenvalue weighted by atomic mass is 10.1. The molecule has 3 rings (SSSR count). The fourth-order valence-corrected chi connectivity index (χ4v) is 3.33. The Kier molecular flexibility index (Phi) is 5.38. The first-order valence-corrected chi connectivity index (χ1v) is 8.93. The summed E-state index contributed by atoms with van der Waals surface area (Å²) in [6.07, 6.45) is 1.49. The third kappa shape index (κ3) is 4.31. The van der Waals surface area contributed by atoms with Crippen molar-refractivity contribution in [1.82, 2.24) is 15.3 Å². The van der Waals surface area contributed by atoms with E-state index in [9.17, 15) is 9.59 Å². The second kappa shape index (κ2) is 7.88. The number of benzene rings is 1. The van der Waals surface area contributed by atoms with Gasteiger partial charge in [-0.3, -0.25) is 9.59 Å². The van der Waals surface area contributed by atoms with Gasteiger partial charge in [-0.1, -0.05) is 24.3 Å². The van der Waals surface area contributed by atoms with E-state index in [1.165, 1.54) is 24.8 Å². The van der Waals surface area contributed by atoms with Crippen LogP contribution in [0.1, 0.15) is 28.5 Å². The number of hydrogen-bond donors (Lipinski definition) is 2. The molecule has 2 N–H and O–H groups in total. The number of carbonyl (C=O) groups is 2. The zero-order valence-electron chi connectivity index (χ0n) is 14.4. The summed E-state index contributed by atoms with van der Waals surface area (Å²) in [6, 6.07) is 11.2. The molecule has 0 saturated heterocycles. The molecule has 0 atom stereocenters. The van der Waals surface area contributed by atoms with Crippen LogP contribution in [-0.2, 0) is 11.3 Å². The minimum absolute atomic E-state index is 0.235. The Hall–Kier alpha value is -3.06. The zero-order valence-corrected chi connectivity index (χ0v) is 15.3. The Morgan fingerprint density at radius 1 is 1.19 bits per heavy atom. The number of thiazole rings is 1. The molecule has 0 bridgehead atoms. The summed E-state index contributed by atoms with van der Waals surface area (Å²) in [6.45, 7) is 3.77. The first-order chi connectivity index (χ1) is 12.5. The molecule has 0 saturated carbocycles. The lowest BCUT2D eigenvalue weighted by molar-refractivity contribution is -0.114. The number of carbonyl (C=O) groups excluding carboxylic acids is 2. The molecule has 3 aromatic rings. The molecular weight excluding hydrogens is 348 g/mol. The summed E-state index contributed by atoms with van der Waals surface area (Å²) in [7, 11) is 0. The molecule has 0 aliphatic rings. The number of nitrogens with one attached hydrogen (secondary N) is 2. The maximum atomic E-state index is 12.3. The number of amides is 2. The Balaban J connectivity index is 1.65. The van der Waals surface area contributed by atoms with E-state index in [-0.39, 0.29) is 11.8 Å². The summed E-state index contributed by atoms with van der Waals surface area (Å²) in [5, 5.41) is 8.28. The van der Waals surface area contributed by atoms with Crippen LogP contribution < -0.4 is 10.6 Å². The van der Waals surface area contributed by atoms with Crippen molar-refractivity contribution in [2.45, 2.75) is 20.4 Å². The number of pyridine rings is 1. The van der Waals surface area contributed by atoms with Crippen molar-refractivity contribution in [3.63, 3.8) is 0 Å². The smallest absolute Gasteiger partial charge is 0.251 e. The van der Waals surface area contributed by atoms with Crippen LogP contribution in [0.2, 0.25) is 0 Å². The van der Waals surface area contributed by atoms with Crippen LogP contribution in [0, 0.1) is 6.92 Å². The van der Waals surface area contributed by atoms with Crippen molar-refractivity contribution in [1.29, 1.82) is 0 Å². The van der Waals surface area contributed by atoms with Crippen LogP contribution in [0.25, 0.3) is 10.6 Å². The van der Waals surface area contributed by atoms with Gasteiger partial charge in [-0.25, -0.2) is 9.97 Å². The highest BCUT2D eigenvalue weighted by molar-refractivity contribution is 7.13. The van der Waals surface area contributed by atoms with Gasteiger partial charge in [0.05, 0.1) is 12.2 Å². The Morgan fingerprint density at radius 3 is 2.77 bits per heavy atom. The van der Waals surface area contributed by atoms with E-state index < -0.39 is 0 Å². The molecule has 0 aliphatic heterocycles. The highest BCUT2D eigenvalue weighted by Crippen LogP contribution is 2.26. The third-order valence-corrected chi connectivity index (χ3v) is 4.61. The van der Waals surface area contributed by atoms with E-state index in [2.05, 4.69) is 20.6 Å². The van der Waals surface area contributed by atoms with Crippen LogP contribution in [-0.4, -0.2) is 21.8 Å². The van der Waals surface area contributed by atoms with Crippen LogP contribution in [0.15, 0.2) is 48.0 Å². The van der Waals surface area contributed by atoms with Gasteiger partial charge in [0, 0.05) is 29.6 Å². The van der Waals surface area contributed by atoms with E-state index in [1.807, 2.05) is 36.6 Å². The average Bonchev–Trinajstić information content (AvgIpc) is 3.08. The van der Waals surface area contributed by atoms with Crippen LogP contribution >= 0.6 is 11.3 Å². The maximum absolute atomic E-state index is 12.3. The van der Waals surface area contributed by atoms with Crippen LogP contribution in [0.4, 0.5) is 5.82 Å². The number of aromatic nitrogens is 2. The first kappa shape index (κ1) is 17.8. The van der Waals surface area contributed by atoms with Gasteiger partial charge >= 0.3 is 0 Å². The molecule has 2 amide bonds. The lowest BCUT2D eigenvalue weighted by Crippen LogP contribution is -2.23. The van der Waals surface area contributed by atoms with Crippen molar-refractivity contribution in [3.8, 4) is 10.6 Å². The molecule has 7 heteroatoms. The van der Waals surface area contributed by atoms with Gasteiger partial charge in [0.15, 0.2) is 0 Å². The number of rotatable bonds is 5. The molecule has 2 aromatic heterocycles. The first-order valence-electron chi connectivity index (χ1n) is 8.05. The van der Waals surface area contributed by atoms with Crippen molar-refractivity contribution >= 4 is 29.0 Å². The van der Waals surface area contributed by atoms with Crippen LogP contribution in [0.3, 0.4) is 0 Å². The molecule has 132 valence electrons. The zero-order chi connectivity index (χ0) is 18.5. The van der Waals surface area contributed by atoms with E-state index in [1.54, 1.807) is 17.4 Å². The van der Waals surface area contributed by atoms with Crippen molar-refractivity contribution in [2.75, 3.05) is 5.32 Å². The third-order valence-electron chi connectivity index (χ3n) is 3.68. The van der Waals surface area contributed by atoms with E-state index in [4.69, 9.17) is 0 Å². The van der Waals surface area contributed by atoms with E-state index in [0.717, 1.165) is 16.3 Å². The Bertz CT molecular complexity index is 952. The minimum atomic E-state index is -0.246. The van der Waals surface area contributed by atoms with Gasteiger partial charge in [0.1, 0.15) is 10.8 Å². The summed E-state index contributed by atoms with van der Waals surface area (Å²) >= 11 is 1.55. The normalized spacial score (nSPS) is 10.4. The SMILES string of the molecule is CC(=O)Nc1cc(C(=O)NCc2csc(-c3ccccc3C)n2)ccn1. The molecule has 2 heterocycles. The fraction of sp³-hybridized carbons (Fsp3) is 0.158. The number of nitrogens with zero attached hydrogens (tertiary/aromatic N) is 2. The standard InChI is InChI=1S/C19H18N4O2S/c1-12-5-3-4-6-16(12)19-23-15(11-26-19)10-21-18(25)14-7-8-20-17(9-14)22-13(2)24/h3-9,11H,10H2,1-2H3,(H,21,25)(H,20,22,24). The lowest BCUT2D eigenvalue weighted by Gasteiger charge is -2.06. The molecule has 0 spiro atoms. The summed E-state index contributed by atoms with van der Waals surface area (Å²) in [5.41, 5.74) is 3.50. The van der Waals surface area contributed by atoms with Crippen molar-refractivity contribution in [2.24, 2.45) is 0 Å². The van der Waals surface area contributed by atoms with Crippen molar-refractivity contribution < 1.29 is 9.59 Å². The number of hydrogen-bond acceptors (Lipinski definition) is 5. The molecule has 0 fully saturated rings. The predicted octanol–water partition coefficient (Wildman–Crippen LogP) is 3.40. The molecule has 1 aromatic carbocycles. The molecule has 0 aliphatic carbocycles. The second-order valence-electron chi connectivity index (χ2n) is 5.75. The fourth-order valence-electron chi connectivity index (χ4n) is 2.42. The monoisotopic (exact) mass is 366 g/mol. The van der Waals surface area contributed by atoms with Gasteiger partial charge in [-0.05, 0) is 24.6 Å². The predicted molar refractivity (Wildman–Crippen MR) is 102 cm³/mol. The topological polar surface area (TPSA) is 84.0 Å². The molecular formula is C19H18N4O2S. The Labute approximate surface area is 155 Å². The van der Waals surface area contributed by atoms with E-state index >= 15 is 0 Å². The highest BCUT2D eigenvalue weighted by Gasteiger charge is 2.10. The van der Waals surface area contributed by atoms with Gasteiger partial charge in [0.25, 0.3) is 5.91 Å². The largest absolute Gasteiger partial charge is 0.346 e. The summed E-state index contributed by atoms with van der Waals surface area (Å²) < 4.78 is 0. The maximum Gasteiger partial charge on any atom is 0.251 e. The summed E-state index contributed by atoms with van der Waals surface area (Å²) in [4.78, 5) is 32.0. The second-order valence-corrected chi connectivity index (χ2v) is 6.61. The minimum Gasteiger partial charge on any atom is -0.346 e. The number of aryl methyl sites for hydroxylation is 1. The van der Waals surface area contributed by atoms with Gasteiger partial charge in [-0.15, -0.1) is 11.3 Å². The summed E-state index contributed by atoms with van der Waals surface area (Å²) in [5.74, 6) is -0.133. The molecule has 0 radical (unpaired) electrons. The van der Waals surface area contributed by atoms with Crippen LogP contribution in [0.5, 0.6) is 0 Å². The molecule has 6 nitrogen and oxygen atoms in total. The average molecular weight is 366 g/mol. The van der Waals surface area contributed by atoms with Gasteiger partial charge in [-0.2, -0.15) is 0 Å². The highest BCUT2D eigenvalue weighted by atomic mass is 32.1. The van der Waals surface area contributed by atoms with Gasteiger partial charge < -0.3 is 10.6 Å². The van der Waals surface area contributed by atoms with E-state index in [0.29, 0.717) is 17.9 Å². The van der Waals surface area contributed by atoms with Crippen molar-refractivity contribution in [3.05, 3.63) is 64.8 Å². The van der Waals surface area contributed by atoms with Gasteiger partial charge in [0.2, 0.25) is 5.91 Å². The Morgan fingerprint density at radius 2 is 2.00 bits per heavy atom. The molecule has 26 heavy (non-hydrogen) atoms. The quantitative estimate of drug-likeness (QED) is 0.725. The molecule has 0 unspecified atom stereocenters. The number of anilines is 1.